The molecule has 0 bridgehead atoms. The van der Waals surface area contributed by atoms with Crippen LogP contribution in [-0.2, 0) is 60.6 Å². The molecule has 7 N–H and O–H groups in total. The van der Waals surface area contributed by atoms with Crippen LogP contribution < -0.4 is 15.4 Å². The van der Waals surface area contributed by atoms with Gasteiger partial charge in [0.1, 0.15) is 24.5 Å². The Morgan fingerprint density at radius 3 is 2.03 bits per heavy atom. The first-order chi connectivity index (χ1) is 33.5. The second-order valence-electron chi connectivity index (χ2n) is 15.7. The third-order valence-electron chi connectivity index (χ3n) is 10.5. The van der Waals surface area contributed by atoms with Crippen molar-refractivity contribution in [2.75, 3.05) is 72.6 Å². The molecule has 1 aliphatic heterocycles. The fraction of sp³-hybridized carbons (Fsp3) is 0.591. The Kier molecular flexibility index (Phi) is 23.9. The van der Waals surface area contributed by atoms with Gasteiger partial charge in [-0.05, 0) is 12.0 Å². The van der Waals surface area contributed by atoms with Crippen molar-refractivity contribution in [1.29, 1.82) is 0 Å². The number of unbranched alkanes of at least 4 members (excludes halogenated alkanes) is 3. The van der Waals surface area contributed by atoms with Crippen molar-refractivity contribution < 1.29 is 99.8 Å². The first-order valence-corrected chi connectivity index (χ1v) is 22.3. The predicted molar refractivity (Wildman–Crippen MR) is 229 cm³/mol. The summed E-state index contributed by atoms with van der Waals surface area (Å²) in [5, 5.41) is 65.4. The number of carbonyl (C=O) groups excluding carboxylic acids is 3. The number of nitrogens with one attached hydrogen (secondary N) is 2. The molecule has 2 amide bonds. The molecule has 26 heteroatoms. The summed E-state index contributed by atoms with van der Waals surface area (Å²) in [6.45, 7) is 1.94. The zero-order valence-electron chi connectivity index (χ0n) is 38.2. The normalized spacial score (nSPS) is 18.9. The van der Waals surface area contributed by atoms with E-state index in [0.29, 0.717) is 36.4 Å². The lowest BCUT2D eigenvalue weighted by Gasteiger charge is -2.46. The second-order valence-corrected chi connectivity index (χ2v) is 15.7. The SMILES string of the molecule is CCCCCCO[C@]1(C(=O)O)C[C@H](O)[C@@H](NC(=O)CO)[C@H]([C@H](O)[C@H](O)CNC(=O)Cc2ccc(-c3cn(CCOCCOCCOCCOCCC(=O)Oc4c(F)c(F)c(F)c(F)c4F)nn3)cc2)O1. The minimum Gasteiger partial charge on any atom is -0.477 e. The van der Waals surface area contributed by atoms with E-state index < -0.39 is 121 Å². The molecule has 4 rings (SSSR count). The monoisotopic (exact) mass is 1010 g/mol. The van der Waals surface area contributed by atoms with Gasteiger partial charge in [0.05, 0.1) is 103 Å². The lowest BCUT2D eigenvalue weighted by Crippen LogP contribution is -2.68. The quantitative estimate of drug-likeness (QED) is 0.0115. The number of ether oxygens (including phenoxy) is 7. The number of carboxylic acids is 1. The third-order valence-corrected chi connectivity index (χ3v) is 10.5. The van der Waals surface area contributed by atoms with E-state index in [0.717, 1.165) is 19.3 Å². The Bertz CT molecular complexity index is 2110. The average Bonchev–Trinajstić information content (AvgIpc) is 3.82. The highest BCUT2D eigenvalue weighted by atomic mass is 19.2. The van der Waals surface area contributed by atoms with Crippen molar-refractivity contribution in [2.24, 2.45) is 0 Å². The van der Waals surface area contributed by atoms with Crippen LogP contribution in [-0.4, -0.2) is 173 Å². The van der Waals surface area contributed by atoms with Gasteiger partial charge in [-0.3, -0.25) is 14.4 Å². The predicted octanol–water partition coefficient (Wildman–Crippen LogP) is 1.09. The number of halogens is 5. The Hall–Kier alpha value is -5.29. The van der Waals surface area contributed by atoms with Gasteiger partial charge >= 0.3 is 11.9 Å². The largest absolute Gasteiger partial charge is 0.477 e. The number of aliphatic hydroxyl groups is 4. The number of aromatic nitrogens is 3. The highest BCUT2D eigenvalue weighted by Gasteiger charge is 2.55. The van der Waals surface area contributed by atoms with E-state index in [4.69, 9.17) is 28.4 Å². The van der Waals surface area contributed by atoms with Gasteiger partial charge in [-0.1, -0.05) is 55.7 Å². The topological polar surface area (TPSA) is 289 Å². The molecule has 21 nitrogen and oxygen atoms in total. The van der Waals surface area contributed by atoms with Crippen LogP contribution in [0.5, 0.6) is 5.75 Å². The van der Waals surface area contributed by atoms with E-state index in [1.54, 1.807) is 35.1 Å². The zero-order chi connectivity index (χ0) is 51.2. The average molecular weight is 1010 g/mol. The Morgan fingerprint density at radius 1 is 0.829 bits per heavy atom. The molecule has 0 radical (unpaired) electrons. The van der Waals surface area contributed by atoms with Crippen LogP contribution in [0.2, 0.25) is 0 Å². The smallest absolute Gasteiger partial charge is 0.364 e. The lowest BCUT2D eigenvalue weighted by molar-refractivity contribution is -0.310. The van der Waals surface area contributed by atoms with Gasteiger partial charge in [0, 0.05) is 18.5 Å². The molecule has 390 valence electrons. The van der Waals surface area contributed by atoms with E-state index in [1.165, 1.54) is 0 Å². The zero-order valence-corrected chi connectivity index (χ0v) is 38.2. The minimum absolute atomic E-state index is 0.0261. The van der Waals surface area contributed by atoms with Crippen LogP contribution in [0.25, 0.3) is 11.3 Å². The maximum absolute atomic E-state index is 13.6. The maximum Gasteiger partial charge on any atom is 0.364 e. The number of carbonyl (C=O) groups is 4. The summed E-state index contributed by atoms with van der Waals surface area (Å²) in [7, 11) is 0. The van der Waals surface area contributed by atoms with Crippen LogP contribution in [0.3, 0.4) is 0 Å². The van der Waals surface area contributed by atoms with Crippen molar-refractivity contribution in [3.63, 3.8) is 0 Å². The summed E-state index contributed by atoms with van der Waals surface area (Å²) in [5.41, 5.74) is 1.84. The maximum atomic E-state index is 13.6. The Labute approximate surface area is 398 Å². The Balaban J connectivity index is 1.09. The van der Waals surface area contributed by atoms with E-state index in [9.17, 15) is 66.7 Å². The number of nitrogens with zero attached hydrogens (tertiary/aromatic N) is 3. The van der Waals surface area contributed by atoms with Gasteiger partial charge in [-0.2, -0.15) is 8.78 Å². The first kappa shape index (κ1) is 57.3. The molecular formula is C44H58F5N5O16. The van der Waals surface area contributed by atoms with Gasteiger partial charge in [-0.25, -0.2) is 22.6 Å². The molecule has 1 aromatic heterocycles. The summed E-state index contributed by atoms with van der Waals surface area (Å²) in [6, 6.07) is 5.38. The fourth-order valence-corrected chi connectivity index (χ4v) is 6.77. The van der Waals surface area contributed by atoms with Crippen molar-refractivity contribution in [2.45, 2.75) is 94.7 Å². The number of benzene rings is 2. The van der Waals surface area contributed by atoms with E-state index in [-0.39, 0.29) is 59.3 Å². The van der Waals surface area contributed by atoms with Gasteiger partial charge in [0.2, 0.25) is 46.6 Å². The first-order valence-electron chi connectivity index (χ1n) is 22.3. The molecule has 0 spiro atoms. The molecule has 2 heterocycles. The molecule has 70 heavy (non-hydrogen) atoms. The summed E-state index contributed by atoms with van der Waals surface area (Å²) in [4.78, 5) is 49.1. The van der Waals surface area contributed by atoms with E-state index in [1.807, 2.05) is 6.92 Å². The van der Waals surface area contributed by atoms with Crippen LogP contribution in [0.1, 0.15) is 51.0 Å². The molecule has 2 aromatic carbocycles. The van der Waals surface area contributed by atoms with Gasteiger partial charge in [-0.15, -0.1) is 5.10 Å². The molecule has 3 aromatic rings. The fourth-order valence-electron chi connectivity index (χ4n) is 6.77. The summed E-state index contributed by atoms with van der Waals surface area (Å²) in [5.74, 6) is -19.9. The summed E-state index contributed by atoms with van der Waals surface area (Å²) < 4.78 is 106. The summed E-state index contributed by atoms with van der Waals surface area (Å²) in [6.07, 6.45) is -3.64. The molecule has 1 aliphatic rings. The molecule has 1 saturated heterocycles. The molecular weight excluding hydrogens is 949 g/mol. The van der Waals surface area contributed by atoms with Crippen LogP contribution in [0, 0.1) is 29.1 Å². The second kappa shape index (κ2) is 29.1. The molecule has 6 atom stereocenters. The number of hydrogen-bond acceptors (Lipinski definition) is 17. The number of aliphatic carboxylic acids is 1. The van der Waals surface area contributed by atoms with Crippen molar-refractivity contribution in [3.05, 3.63) is 65.1 Å². The lowest BCUT2D eigenvalue weighted by atomic mass is 9.88. The molecule has 0 unspecified atom stereocenters. The van der Waals surface area contributed by atoms with Crippen LogP contribution in [0.15, 0.2) is 30.5 Å². The number of hydrogen-bond donors (Lipinski definition) is 7. The van der Waals surface area contributed by atoms with E-state index in [2.05, 4.69) is 25.7 Å². The van der Waals surface area contributed by atoms with Crippen LogP contribution in [0.4, 0.5) is 22.0 Å². The standard InChI is InChI=1S/C44H58F5N5O16/c1-2-3-4-5-12-68-44(43(62)63)22-29(56)39(51-32(59)25-55)42(70-44)40(61)30(57)23-50-31(58)21-26-6-8-27(9-7-26)28-24-54(53-52-28)11-14-65-16-18-67-20-19-66-17-15-64-13-10-33(60)69-41-37(48)35(46)34(45)36(47)38(41)49/h6-9,24,29-30,39-40,42,55-57,61H,2-5,10-23,25H2,1H3,(H,50,58)(H,51,59)(H,62,63)/t29-,30+,39+,40+,42+,44+/m0/s1. The highest BCUT2D eigenvalue weighted by Crippen LogP contribution is 2.34. The van der Waals surface area contributed by atoms with Crippen LogP contribution >= 0.6 is 0 Å². The van der Waals surface area contributed by atoms with E-state index >= 15 is 0 Å². The number of aliphatic hydroxyl groups excluding tert-OH is 4. The highest BCUT2D eigenvalue weighted by molar-refractivity contribution is 5.79. The number of esters is 1. The van der Waals surface area contributed by atoms with Gasteiger partial charge in [0.25, 0.3) is 5.79 Å². The van der Waals surface area contributed by atoms with Gasteiger partial charge < -0.3 is 69.3 Å². The Morgan fingerprint density at radius 2 is 1.43 bits per heavy atom. The number of amides is 2. The number of rotatable bonds is 32. The molecule has 0 aliphatic carbocycles. The minimum atomic E-state index is -2.42. The van der Waals surface area contributed by atoms with Crippen molar-refractivity contribution in [1.82, 2.24) is 25.6 Å². The van der Waals surface area contributed by atoms with Crippen molar-refractivity contribution in [3.8, 4) is 17.0 Å². The van der Waals surface area contributed by atoms with Gasteiger partial charge in [0.15, 0.2) is 0 Å². The molecule has 1 fully saturated rings. The third kappa shape index (κ3) is 17.2. The number of carboxylic acid groups (broad SMARTS) is 1. The van der Waals surface area contributed by atoms with Crippen molar-refractivity contribution >= 4 is 23.8 Å². The summed E-state index contributed by atoms with van der Waals surface area (Å²) >= 11 is 0. The molecule has 0 saturated carbocycles.